The van der Waals surface area contributed by atoms with Crippen LogP contribution in [0.4, 0.5) is 0 Å². The van der Waals surface area contributed by atoms with Gasteiger partial charge in [0.2, 0.25) is 5.91 Å². The summed E-state index contributed by atoms with van der Waals surface area (Å²) >= 11 is 0. The Kier molecular flexibility index (Phi) is 8.35. The Morgan fingerprint density at radius 3 is 1.82 bits per heavy atom. The minimum Gasteiger partial charge on any atom is -0.353 e. The summed E-state index contributed by atoms with van der Waals surface area (Å²) in [6, 6.07) is -1.35. The van der Waals surface area contributed by atoms with Gasteiger partial charge in [0.15, 0.2) is 12.4 Å². The van der Waals surface area contributed by atoms with Gasteiger partial charge in [-0.15, -0.1) is 0 Å². The van der Waals surface area contributed by atoms with Crippen molar-refractivity contribution in [3.8, 4) is 0 Å². The highest BCUT2D eigenvalue weighted by Gasteiger charge is 2.51. The second-order valence-electron chi connectivity index (χ2n) is 6.02. The van der Waals surface area contributed by atoms with Gasteiger partial charge >= 0.3 is 0 Å². The van der Waals surface area contributed by atoms with Crippen LogP contribution < -0.4 is 5.32 Å². The first-order valence-electron chi connectivity index (χ1n) is 7.58. The van der Waals surface area contributed by atoms with Crippen LogP contribution in [0.2, 0.25) is 0 Å². The number of nitrogens with one attached hydrogen (secondary N) is 1. The van der Waals surface area contributed by atoms with Crippen molar-refractivity contribution in [3.05, 3.63) is 0 Å². The highest BCUT2D eigenvalue weighted by molar-refractivity contribution is 7.86. The summed E-state index contributed by atoms with van der Waals surface area (Å²) in [7, 11) is -11.1. The van der Waals surface area contributed by atoms with Gasteiger partial charge in [0.05, 0.1) is 31.4 Å². The number of hydrogen-bond donors (Lipinski definition) is 1. The highest BCUT2D eigenvalue weighted by atomic mass is 32.2. The Balaban J connectivity index is 3.40. The molecule has 0 unspecified atom stereocenters. The molecule has 16 heteroatoms. The SMILES string of the molecule is CO[C@H]1O[C@H](COS(C)(=O)=O)[C@@H](NC(C)=O)[C@H](OS(C)(=O)=O)[C@H]1OS(C)(=O)=O. The van der Waals surface area contributed by atoms with Crippen molar-refractivity contribution in [2.75, 3.05) is 32.5 Å². The molecule has 13 nitrogen and oxygen atoms in total. The molecule has 1 saturated heterocycles. The van der Waals surface area contributed by atoms with Crippen LogP contribution >= 0.6 is 0 Å². The van der Waals surface area contributed by atoms with E-state index in [4.69, 9.17) is 17.8 Å². The van der Waals surface area contributed by atoms with E-state index >= 15 is 0 Å². The Morgan fingerprint density at radius 1 is 0.929 bits per heavy atom. The summed E-state index contributed by atoms with van der Waals surface area (Å²) in [4.78, 5) is 11.6. The number of amides is 1. The molecule has 0 aromatic carbocycles. The van der Waals surface area contributed by atoms with E-state index < -0.39 is 73.5 Å². The maximum atomic E-state index is 11.7. The van der Waals surface area contributed by atoms with Crippen LogP contribution in [-0.4, -0.2) is 94.3 Å². The average molecular weight is 470 g/mol. The highest BCUT2D eigenvalue weighted by Crippen LogP contribution is 2.29. The van der Waals surface area contributed by atoms with E-state index in [2.05, 4.69) is 9.50 Å². The minimum absolute atomic E-state index is 0.640. The monoisotopic (exact) mass is 469 g/mol. The molecule has 1 amide bonds. The molecule has 1 heterocycles. The van der Waals surface area contributed by atoms with Crippen molar-refractivity contribution < 1.29 is 52.1 Å². The summed E-state index contributed by atoms with van der Waals surface area (Å²) in [5.74, 6) is -0.658. The lowest BCUT2D eigenvalue weighted by molar-refractivity contribution is -0.258. The summed E-state index contributed by atoms with van der Waals surface area (Å²) in [5.41, 5.74) is 0. The van der Waals surface area contributed by atoms with E-state index in [0.29, 0.717) is 12.5 Å². The molecule has 0 aromatic rings. The zero-order valence-electron chi connectivity index (χ0n) is 15.7. The topological polar surface area (TPSA) is 178 Å². The second kappa shape index (κ2) is 9.29. The first-order chi connectivity index (χ1) is 12.5. The van der Waals surface area contributed by atoms with Gasteiger partial charge in [0.1, 0.15) is 12.2 Å². The molecule has 28 heavy (non-hydrogen) atoms. The summed E-state index contributed by atoms with van der Waals surface area (Å²) < 4.78 is 94.2. The van der Waals surface area contributed by atoms with Crippen LogP contribution in [0.1, 0.15) is 6.92 Å². The molecule has 0 radical (unpaired) electrons. The molecule has 0 aliphatic carbocycles. The smallest absolute Gasteiger partial charge is 0.264 e. The minimum atomic E-state index is -4.18. The van der Waals surface area contributed by atoms with Crippen molar-refractivity contribution in [2.45, 2.75) is 37.6 Å². The van der Waals surface area contributed by atoms with E-state index in [1.807, 2.05) is 0 Å². The van der Waals surface area contributed by atoms with Crippen molar-refractivity contribution in [2.24, 2.45) is 0 Å². The van der Waals surface area contributed by atoms with Crippen molar-refractivity contribution >= 4 is 36.3 Å². The predicted molar refractivity (Wildman–Crippen MR) is 93.5 cm³/mol. The maximum Gasteiger partial charge on any atom is 0.264 e. The zero-order valence-corrected chi connectivity index (χ0v) is 18.2. The predicted octanol–water partition coefficient (Wildman–Crippen LogP) is -2.47. The fraction of sp³-hybridized carbons (Fsp3) is 0.917. The Labute approximate surface area is 164 Å². The lowest BCUT2D eigenvalue weighted by Gasteiger charge is -2.44. The molecule has 0 spiro atoms. The van der Waals surface area contributed by atoms with Gasteiger partial charge < -0.3 is 14.8 Å². The molecule has 0 bridgehead atoms. The van der Waals surface area contributed by atoms with E-state index in [1.54, 1.807) is 0 Å². The Morgan fingerprint density at radius 2 is 1.43 bits per heavy atom. The fourth-order valence-electron chi connectivity index (χ4n) is 2.46. The number of carbonyl (C=O) groups is 1. The molecule has 1 aliphatic heterocycles. The number of rotatable bonds is 9. The van der Waals surface area contributed by atoms with Gasteiger partial charge in [0.25, 0.3) is 30.4 Å². The molecule has 0 saturated carbocycles. The van der Waals surface area contributed by atoms with Gasteiger partial charge in [-0.1, -0.05) is 0 Å². The number of carbonyl (C=O) groups excluding carboxylic acids is 1. The van der Waals surface area contributed by atoms with Crippen LogP contribution in [-0.2, 0) is 57.2 Å². The third-order valence-corrected chi connectivity index (χ3v) is 4.98. The van der Waals surface area contributed by atoms with Gasteiger partial charge in [-0.05, 0) is 0 Å². The van der Waals surface area contributed by atoms with Crippen molar-refractivity contribution in [1.82, 2.24) is 5.32 Å². The van der Waals surface area contributed by atoms with Gasteiger partial charge in [0, 0.05) is 14.0 Å². The maximum absolute atomic E-state index is 11.7. The summed E-state index contributed by atoms with van der Waals surface area (Å²) in [6.07, 6.45) is -3.86. The molecule has 1 fully saturated rings. The normalized spacial score (nSPS) is 29.4. The van der Waals surface area contributed by atoms with Gasteiger partial charge in [-0.25, -0.2) is 0 Å². The third-order valence-electron chi connectivity index (χ3n) is 3.28. The van der Waals surface area contributed by atoms with Crippen LogP contribution in [0.3, 0.4) is 0 Å². The third kappa shape index (κ3) is 8.64. The summed E-state index contributed by atoms with van der Waals surface area (Å²) in [6.45, 7) is 0.458. The molecular formula is C12H23NO12S3. The lowest BCUT2D eigenvalue weighted by atomic mass is 9.96. The second-order valence-corrected chi connectivity index (χ2v) is 10.9. The van der Waals surface area contributed by atoms with Crippen LogP contribution in [0.15, 0.2) is 0 Å². The lowest BCUT2D eigenvalue weighted by Crippen LogP contribution is -2.66. The molecule has 1 rings (SSSR count). The number of hydrogen-bond acceptors (Lipinski definition) is 12. The first kappa shape index (κ1) is 25.2. The van der Waals surface area contributed by atoms with E-state index in [1.165, 1.54) is 0 Å². The number of ether oxygens (including phenoxy) is 2. The van der Waals surface area contributed by atoms with E-state index in [0.717, 1.165) is 20.3 Å². The van der Waals surface area contributed by atoms with Gasteiger partial charge in [-0.2, -0.15) is 25.3 Å². The van der Waals surface area contributed by atoms with Gasteiger partial charge in [-0.3, -0.25) is 17.3 Å². The van der Waals surface area contributed by atoms with Crippen molar-refractivity contribution in [1.29, 1.82) is 0 Å². The molecule has 5 atom stereocenters. The first-order valence-corrected chi connectivity index (χ1v) is 13.0. The molecule has 1 N–H and O–H groups in total. The standard InChI is InChI=1S/C12H23NO12S3/c1-7(14)13-9-8(6-22-26(3,15)16)23-12(21-2)11(25-28(5,19)20)10(9)24-27(4,17)18/h8-12H,6H2,1-5H3,(H,13,14)/t8-,9-,10+,11-,12+/m1/s1. The Hall–Kier alpha value is -0.880. The quantitative estimate of drug-likeness (QED) is 0.352. The summed E-state index contributed by atoms with van der Waals surface area (Å²) in [5, 5.41) is 2.34. The largest absolute Gasteiger partial charge is 0.353 e. The molecule has 0 aromatic heterocycles. The molecule has 1 aliphatic rings. The zero-order chi connectivity index (χ0) is 21.9. The average Bonchev–Trinajstić information content (AvgIpc) is 2.45. The van der Waals surface area contributed by atoms with Crippen LogP contribution in [0.5, 0.6) is 0 Å². The fourth-order valence-corrected chi connectivity index (χ4v) is 4.07. The molecular weight excluding hydrogens is 446 g/mol. The Bertz CT molecular complexity index is 866. The number of methoxy groups -OCH3 is 1. The molecule has 166 valence electrons. The van der Waals surface area contributed by atoms with Crippen LogP contribution in [0, 0.1) is 0 Å². The van der Waals surface area contributed by atoms with E-state index in [-0.39, 0.29) is 0 Å². The van der Waals surface area contributed by atoms with Crippen LogP contribution in [0.25, 0.3) is 0 Å². The van der Waals surface area contributed by atoms with Crippen molar-refractivity contribution in [3.63, 3.8) is 0 Å². The van der Waals surface area contributed by atoms with E-state index in [9.17, 15) is 30.0 Å².